The summed E-state index contributed by atoms with van der Waals surface area (Å²) >= 11 is 0. The van der Waals surface area contributed by atoms with Crippen molar-refractivity contribution in [2.75, 3.05) is 19.6 Å². The molecule has 0 saturated carbocycles. The summed E-state index contributed by atoms with van der Waals surface area (Å²) in [7, 11) is 0. The lowest BCUT2D eigenvalue weighted by atomic mass is 9.98. The number of halogens is 1. The topological polar surface area (TPSA) is 40.5 Å². The highest BCUT2D eigenvalue weighted by Gasteiger charge is 2.20. The van der Waals surface area contributed by atoms with Crippen molar-refractivity contribution in [3.05, 3.63) is 29.6 Å². The molecule has 20 heavy (non-hydrogen) atoms. The molecule has 0 aromatic heterocycles. The standard InChI is InChI=1S/C16H22FNO2/c1-2-12-4-3-8-18(9-7-12)11-16(20)14-10-13(17)5-6-15(14)19/h5-6,10,12,19H,2-4,7-9,11H2,1H3. The van der Waals surface area contributed by atoms with Crippen LogP contribution in [0.25, 0.3) is 0 Å². The number of phenolic OH excluding ortho intramolecular Hbond substituents is 1. The fourth-order valence-electron chi connectivity index (χ4n) is 2.81. The van der Waals surface area contributed by atoms with Crippen LogP contribution in [0.2, 0.25) is 0 Å². The van der Waals surface area contributed by atoms with E-state index in [1.165, 1.54) is 18.9 Å². The molecule has 0 aliphatic carbocycles. The Hall–Kier alpha value is -1.42. The Labute approximate surface area is 119 Å². The predicted molar refractivity (Wildman–Crippen MR) is 76.5 cm³/mol. The lowest BCUT2D eigenvalue weighted by molar-refractivity contribution is 0.0929. The van der Waals surface area contributed by atoms with E-state index >= 15 is 0 Å². The molecule has 110 valence electrons. The zero-order chi connectivity index (χ0) is 14.5. The molecule has 0 spiro atoms. The van der Waals surface area contributed by atoms with Crippen LogP contribution in [-0.4, -0.2) is 35.4 Å². The molecular weight excluding hydrogens is 257 g/mol. The molecule has 1 fully saturated rings. The minimum atomic E-state index is -0.493. The normalized spacial score (nSPS) is 20.6. The number of phenols is 1. The lowest BCUT2D eigenvalue weighted by Crippen LogP contribution is -2.31. The Morgan fingerprint density at radius 3 is 2.95 bits per heavy atom. The van der Waals surface area contributed by atoms with Gasteiger partial charge in [-0.1, -0.05) is 13.3 Å². The van der Waals surface area contributed by atoms with Crippen molar-refractivity contribution in [1.29, 1.82) is 0 Å². The van der Waals surface area contributed by atoms with Crippen molar-refractivity contribution in [2.24, 2.45) is 5.92 Å². The van der Waals surface area contributed by atoms with Gasteiger partial charge in [0.15, 0.2) is 5.78 Å². The fourth-order valence-corrected chi connectivity index (χ4v) is 2.81. The Balaban J connectivity index is 1.99. The van der Waals surface area contributed by atoms with Crippen molar-refractivity contribution in [3.63, 3.8) is 0 Å². The maximum Gasteiger partial charge on any atom is 0.180 e. The number of aromatic hydroxyl groups is 1. The van der Waals surface area contributed by atoms with E-state index < -0.39 is 5.82 Å². The maximum atomic E-state index is 13.2. The third kappa shape index (κ3) is 3.79. The molecular formula is C16H22FNO2. The monoisotopic (exact) mass is 279 g/mol. The Bertz CT molecular complexity index is 476. The Morgan fingerprint density at radius 1 is 1.40 bits per heavy atom. The number of carbonyl (C=O) groups excluding carboxylic acids is 1. The van der Waals surface area contributed by atoms with Gasteiger partial charge in [0.05, 0.1) is 12.1 Å². The first kappa shape index (κ1) is 15.0. The number of nitrogens with zero attached hydrogens (tertiary/aromatic N) is 1. The minimum Gasteiger partial charge on any atom is -0.507 e. The highest BCUT2D eigenvalue weighted by molar-refractivity contribution is 6.00. The largest absolute Gasteiger partial charge is 0.507 e. The van der Waals surface area contributed by atoms with Gasteiger partial charge in [-0.25, -0.2) is 4.39 Å². The summed E-state index contributed by atoms with van der Waals surface area (Å²) in [6.07, 6.45) is 4.61. The van der Waals surface area contributed by atoms with E-state index in [1.54, 1.807) is 0 Å². The molecule has 1 aromatic carbocycles. The maximum absolute atomic E-state index is 13.2. The van der Waals surface area contributed by atoms with Crippen LogP contribution in [0.1, 0.15) is 43.0 Å². The highest BCUT2D eigenvalue weighted by atomic mass is 19.1. The van der Waals surface area contributed by atoms with Crippen molar-refractivity contribution < 1.29 is 14.3 Å². The zero-order valence-electron chi connectivity index (χ0n) is 11.9. The molecule has 1 aliphatic rings. The molecule has 3 nitrogen and oxygen atoms in total. The molecule has 1 saturated heterocycles. The van der Waals surface area contributed by atoms with Gasteiger partial charge in [-0.2, -0.15) is 0 Å². The van der Waals surface area contributed by atoms with Gasteiger partial charge < -0.3 is 5.11 Å². The van der Waals surface area contributed by atoms with E-state index in [0.717, 1.165) is 44.0 Å². The smallest absolute Gasteiger partial charge is 0.180 e. The van der Waals surface area contributed by atoms with Gasteiger partial charge in [0.1, 0.15) is 11.6 Å². The number of carbonyl (C=O) groups is 1. The van der Waals surface area contributed by atoms with E-state index in [4.69, 9.17) is 0 Å². The van der Waals surface area contributed by atoms with Crippen molar-refractivity contribution in [3.8, 4) is 5.75 Å². The summed E-state index contributed by atoms with van der Waals surface area (Å²) in [4.78, 5) is 14.3. The van der Waals surface area contributed by atoms with Gasteiger partial charge in [-0.05, 0) is 56.5 Å². The second-order valence-electron chi connectivity index (χ2n) is 5.57. The number of benzene rings is 1. The summed E-state index contributed by atoms with van der Waals surface area (Å²) in [6.45, 7) is 4.27. The van der Waals surface area contributed by atoms with E-state index in [-0.39, 0.29) is 23.6 Å². The average molecular weight is 279 g/mol. The second-order valence-corrected chi connectivity index (χ2v) is 5.57. The Kier molecular flexibility index (Phi) is 5.12. The Morgan fingerprint density at radius 2 is 2.20 bits per heavy atom. The van der Waals surface area contributed by atoms with Gasteiger partial charge in [0, 0.05) is 0 Å². The van der Waals surface area contributed by atoms with Crippen LogP contribution >= 0.6 is 0 Å². The molecule has 1 atom stereocenters. The van der Waals surface area contributed by atoms with Crippen LogP contribution in [0, 0.1) is 11.7 Å². The third-order valence-electron chi connectivity index (χ3n) is 4.14. The summed E-state index contributed by atoms with van der Waals surface area (Å²) in [5, 5.41) is 9.66. The van der Waals surface area contributed by atoms with E-state index in [1.807, 2.05) is 0 Å². The summed E-state index contributed by atoms with van der Waals surface area (Å²) in [5.74, 6) is -0.0969. The van der Waals surface area contributed by atoms with Gasteiger partial charge in [-0.15, -0.1) is 0 Å². The molecule has 1 unspecified atom stereocenters. The lowest BCUT2D eigenvalue weighted by Gasteiger charge is -2.19. The number of hydrogen-bond acceptors (Lipinski definition) is 3. The number of rotatable bonds is 4. The molecule has 1 heterocycles. The predicted octanol–water partition coefficient (Wildman–Crippen LogP) is 3.23. The summed E-state index contributed by atoms with van der Waals surface area (Å²) in [5.41, 5.74) is 0.0845. The third-order valence-corrected chi connectivity index (χ3v) is 4.14. The van der Waals surface area contributed by atoms with Crippen LogP contribution in [0.4, 0.5) is 4.39 Å². The number of likely N-dealkylation sites (tertiary alicyclic amines) is 1. The molecule has 1 N–H and O–H groups in total. The van der Waals surface area contributed by atoms with Crippen LogP contribution in [0.15, 0.2) is 18.2 Å². The minimum absolute atomic E-state index is 0.0845. The van der Waals surface area contributed by atoms with Gasteiger partial charge in [-0.3, -0.25) is 9.69 Å². The van der Waals surface area contributed by atoms with Crippen LogP contribution in [0.3, 0.4) is 0 Å². The fraction of sp³-hybridized carbons (Fsp3) is 0.562. The molecule has 1 aromatic rings. The first-order valence-corrected chi connectivity index (χ1v) is 7.34. The first-order chi connectivity index (χ1) is 9.60. The van der Waals surface area contributed by atoms with Crippen LogP contribution in [-0.2, 0) is 0 Å². The molecule has 1 aliphatic heterocycles. The number of ketones is 1. The molecule has 4 heteroatoms. The van der Waals surface area contributed by atoms with Crippen molar-refractivity contribution in [2.45, 2.75) is 32.6 Å². The van der Waals surface area contributed by atoms with Crippen molar-refractivity contribution in [1.82, 2.24) is 4.90 Å². The van der Waals surface area contributed by atoms with E-state index in [2.05, 4.69) is 11.8 Å². The SMILES string of the molecule is CCC1CCCN(CC(=O)c2cc(F)ccc2O)CC1. The highest BCUT2D eigenvalue weighted by Crippen LogP contribution is 2.22. The average Bonchev–Trinajstić information content (AvgIpc) is 2.66. The number of hydrogen-bond donors (Lipinski definition) is 1. The first-order valence-electron chi connectivity index (χ1n) is 7.34. The van der Waals surface area contributed by atoms with Gasteiger partial charge in [0.25, 0.3) is 0 Å². The zero-order valence-corrected chi connectivity index (χ0v) is 11.9. The quantitative estimate of drug-likeness (QED) is 0.860. The van der Waals surface area contributed by atoms with E-state index in [0.29, 0.717) is 0 Å². The number of Topliss-reactive ketones (excluding diaryl/α,β-unsaturated/α-hetero) is 1. The second kappa shape index (κ2) is 6.84. The van der Waals surface area contributed by atoms with E-state index in [9.17, 15) is 14.3 Å². The van der Waals surface area contributed by atoms with Crippen LogP contribution < -0.4 is 0 Å². The van der Waals surface area contributed by atoms with Crippen molar-refractivity contribution >= 4 is 5.78 Å². The van der Waals surface area contributed by atoms with Gasteiger partial charge >= 0.3 is 0 Å². The molecule has 2 rings (SSSR count). The summed E-state index contributed by atoms with van der Waals surface area (Å²) in [6, 6.07) is 3.51. The van der Waals surface area contributed by atoms with Gasteiger partial charge in [0.2, 0.25) is 0 Å². The molecule has 0 amide bonds. The molecule has 0 bridgehead atoms. The molecule has 0 radical (unpaired) electrons. The summed E-state index contributed by atoms with van der Waals surface area (Å²) < 4.78 is 13.2. The van der Waals surface area contributed by atoms with Crippen LogP contribution in [0.5, 0.6) is 5.75 Å².